The number of nitrogens with zero attached hydrogens (tertiary/aromatic N) is 3. The van der Waals surface area contributed by atoms with Crippen LogP contribution in [0.15, 0.2) is 72.4 Å². The third kappa shape index (κ3) is 6.45. The molecule has 0 bridgehead atoms. The molecule has 1 amide bonds. The van der Waals surface area contributed by atoms with E-state index < -0.39 is 0 Å². The van der Waals surface area contributed by atoms with Crippen LogP contribution in [0.1, 0.15) is 30.9 Å². The second kappa shape index (κ2) is 11.7. The van der Waals surface area contributed by atoms with E-state index in [0.717, 1.165) is 11.1 Å². The van der Waals surface area contributed by atoms with Gasteiger partial charge in [0.25, 0.3) is 5.91 Å². The van der Waals surface area contributed by atoms with Crippen LogP contribution >= 0.6 is 0 Å². The minimum atomic E-state index is -0.291. The monoisotopic (exact) mass is 431 g/mol. The van der Waals surface area contributed by atoms with Crippen molar-refractivity contribution in [1.82, 2.24) is 9.80 Å². The molecule has 1 fully saturated rings. The average Bonchev–Trinajstić information content (AvgIpc) is 2.83. The summed E-state index contributed by atoms with van der Waals surface area (Å²) in [6.07, 6.45) is 2.78. The van der Waals surface area contributed by atoms with Gasteiger partial charge < -0.3 is 14.5 Å². The Kier molecular flexibility index (Phi) is 8.44. The number of hydrogen-bond acceptors (Lipinski definition) is 5. The van der Waals surface area contributed by atoms with Crippen molar-refractivity contribution in [3.05, 3.63) is 83.6 Å². The van der Waals surface area contributed by atoms with Crippen molar-refractivity contribution in [2.45, 2.75) is 32.9 Å². The van der Waals surface area contributed by atoms with E-state index in [1.807, 2.05) is 65.6 Å². The largest absolute Gasteiger partial charge is 0.466 e. The van der Waals surface area contributed by atoms with Gasteiger partial charge in [0, 0.05) is 32.4 Å². The van der Waals surface area contributed by atoms with E-state index in [0.29, 0.717) is 45.6 Å². The van der Waals surface area contributed by atoms with Crippen LogP contribution < -0.4 is 0 Å². The Morgan fingerprint density at radius 3 is 2.03 bits per heavy atom. The maximum absolute atomic E-state index is 13.1. The molecular weight excluding hydrogens is 402 g/mol. The van der Waals surface area contributed by atoms with Crippen molar-refractivity contribution in [3.8, 4) is 6.07 Å². The number of likely N-dealkylation sites (tertiary alicyclic amines) is 1. The highest BCUT2D eigenvalue weighted by Gasteiger charge is 2.29. The molecule has 0 spiro atoms. The quantitative estimate of drug-likeness (QED) is 0.360. The Morgan fingerprint density at radius 1 is 1.03 bits per heavy atom. The van der Waals surface area contributed by atoms with Gasteiger partial charge in [-0.15, -0.1) is 0 Å². The summed E-state index contributed by atoms with van der Waals surface area (Å²) in [7, 11) is 0. The van der Waals surface area contributed by atoms with E-state index in [1.165, 1.54) is 0 Å². The highest BCUT2D eigenvalue weighted by atomic mass is 16.5. The Hall–Kier alpha value is -3.59. The Balaban J connectivity index is 1.73. The predicted octanol–water partition coefficient (Wildman–Crippen LogP) is 3.90. The molecule has 0 radical (unpaired) electrons. The first kappa shape index (κ1) is 23.1. The maximum Gasteiger partial charge on any atom is 0.309 e. The van der Waals surface area contributed by atoms with Gasteiger partial charge in [0.2, 0.25) is 0 Å². The van der Waals surface area contributed by atoms with Gasteiger partial charge in [0.15, 0.2) is 0 Å². The predicted molar refractivity (Wildman–Crippen MR) is 122 cm³/mol. The fourth-order valence-electron chi connectivity index (χ4n) is 3.85. The molecule has 1 saturated heterocycles. The van der Waals surface area contributed by atoms with Gasteiger partial charge in [-0.05, 0) is 30.9 Å². The number of esters is 1. The van der Waals surface area contributed by atoms with Crippen molar-refractivity contribution in [2.75, 3.05) is 19.7 Å². The number of carbonyl (C=O) groups excluding carboxylic acids is 2. The Labute approximate surface area is 189 Å². The number of ether oxygens (including phenoxy) is 1. The summed E-state index contributed by atoms with van der Waals surface area (Å²) in [5.41, 5.74) is 2.30. The number of piperidine rings is 1. The molecule has 0 N–H and O–H groups in total. The van der Waals surface area contributed by atoms with E-state index >= 15 is 0 Å². The van der Waals surface area contributed by atoms with Crippen LogP contribution in [-0.2, 0) is 27.4 Å². The minimum Gasteiger partial charge on any atom is -0.466 e. The summed E-state index contributed by atoms with van der Waals surface area (Å²) in [6.45, 7) is 4.20. The molecule has 2 aromatic carbocycles. The van der Waals surface area contributed by atoms with Crippen LogP contribution in [0.3, 0.4) is 0 Å². The van der Waals surface area contributed by atoms with Crippen LogP contribution in [0.5, 0.6) is 0 Å². The third-order valence-corrected chi connectivity index (χ3v) is 5.52. The number of carbonyl (C=O) groups is 2. The lowest BCUT2D eigenvalue weighted by Gasteiger charge is -2.31. The number of rotatable bonds is 8. The number of nitriles is 1. The maximum atomic E-state index is 13.1. The fourth-order valence-corrected chi connectivity index (χ4v) is 3.85. The molecule has 6 nitrogen and oxygen atoms in total. The molecule has 3 rings (SSSR count). The SMILES string of the molecule is CCOC(=O)C1CCN(C(=O)/C(C#N)=C\N(Cc2ccccc2)Cc2ccccc2)CC1. The van der Waals surface area contributed by atoms with Crippen molar-refractivity contribution >= 4 is 11.9 Å². The van der Waals surface area contributed by atoms with E-state index in [9.17, 15) is 14.9 Å². The van der Waals surface area contributed by atoms with Gasteiger partial charge in [-0.2, -0.15) is 5.26 Å². The highest BCUT2D eigenvalue weighted by molar-refractivity contribution is 5.97. The minimum absolute atomic E-state index is 0.103. The molecule has 0 aliphatic carbocycles. The summed E-state index contributed by atoms with van der Waals surface area (Å²) in [5.74, 6) is -0.672. The molecule has 1 aliphatic heterocycles. The summed E-state index contributed by atoms with van der Waals surface area (Å²) < 4.78 is 5.10. The molecule has 6 heteroatoms. The first-order chi connectivity index (χ1) is 15.6. The average molecular weight is 432 g/mol. The van der Waals surface area contributed by atoms with Crippen LogP contribution in [0.25, 0.3) is 0 Å². The zero-order chi connectivity index (χ0) is 22.8. The molecule has 1 heterocycles. The normalized spacial score (nSPS) is 14.5. The molecule has 0 atom stereocenters. The number of hydrogen-bond donors (Lipinski definition) is 0. The molecule has 0 unspecified atom stereocenters. The lowest BCUT2D eigenvalue weighted by molar-refractivity contribution is -0.150. The molecule has 0 saturated carbocycles. The van der Waals surface area contributed by atoms with Crippen LogP contribution in [0.4, 0.5) is 0 Å². The van der Waals surface area contributed by atoms with E-state index in [-0.39, 0.29) is 23.4 Å². The second-order valence-electron chi connectivity index (χ2n) is 7.85. The van der Waals surface area contributed by atoms with Gasteiger partial charge in [-0.3, -0.25) is 9.59 Å². The first-order valence-electron chi connectivity index (χ1n) is 11.0. The van der Waals surface area contributed by atoms with Gasteiger partial charge in [0.1, 0.15) is 11.6 Å². The Morgan fingerprint density at radius 2 is 1.56 bits per heavy atom. The Bertz CT molecular complexity index is 917. The summed E-state index contributed by atoms with van der Waals surface area (Å²) in [4.78, 5) is 28.7. The van der Waals surface area contributed by atoms with Crippen molar-refractivity contribution in [2.24, 2.45) is 5.92 Å². The number of benzene rings is 2. The molecular formula is C26H29N3O3. The summed E-state index contributed by atoms with van der Waals surface area (Å²) in [5, 5.41) is 9.75. The summed E-state index contributed by atoms with van der Waals surface area (Å²) >= 11 is 0. The van der Waals surface area contributed by atoms with Crippen LogP contribution in [-0.4, -0.2) is 41.4 Å². The third-order valence-electron chi connectivity index (χ3n) is 5.52. The van der Waals surface area contributed by atoms with Gasteiger partial charge in [-0.1, -0.05) is 60.7 Å². The lowest BCUT2D eigenvalue weighted by Crippen LogP contribution is -2.41. The molecule has 32 heavy (non-hydrogen) atoms. The van der Waals surface area contributed by atoms with Crippen molar-refractivity contribution in [1.29, 1.82) is 5.26 Å². The van der Waals surface area contributed by atoms with E-state index in [1.54, 1.807) is 18.0 Å². The van der Waals surface area contributed by atoms with Gasteiger partial charge >= 0.3 is 5.97 Å². The standard InChI is InChI=1S/C26H29N3O3/c1-2-32-26(31)23-13-15-29(16-14-23)25(30)24(17-27)20-28(18-21-9-5-3-6-10-21)19-22-11-7-4-8-12-22/h3-12,20,23H,2,13-16,18-19H2,1H3/b24-20-. The zero-order valence-electron chi connectivity index (χ0n) is 18.4. The van der Waals surface area contributed by atoms with E-state index in [2.05, 4.69) is 6.07 Å². The fraction of sp³-hybridized carbons (Fsp3) is 0.346. The molecule has 0 aromatic heterocycles. The molecule has 2 aromatic rings. The highest BCUT2D eigenvalue weighted by Crippen LogP contribution is 2.21. The number of amides is 1. The lowest BCUT2D eigenvalue weighted by atomic mass is 9.96. The van der Waals surface area contributed by atoms with Gasteiger partial charge in [-0.25, -0.2) is 0 Å². The first-order valence-corrected chi connectivity index (χ1v) is 11.0. The zero-order valence-corrected chi connectivity index (χ0v) is 18.4. The van der Waals surface area contributed by atoms with Crippen molar-refractivity contribution in [3.63, 3.8) is 0 Å². The smallest absolute Gasteiger partial charge is 0.309 e. The van der Waals surface area contributed by atoms with Crippen LogP contribution in [0.2, 0.25) is 0 Å². The molecule has 1 aliphatic rings. The summed E-state index contributed by atoms with van der Waals surface area (Å²) in [6, 6.07) is 22.0. The second-order valence-corrected chi connectivity index (χ2v) is 7.85. The van der Waals surface area contributed by atoms with E-state index in [4.69, 9.17) is 4.74 Å². The van der Waals surface area contributed by atoms with Gasteiger partial charge in [0.05, 0.1) is 12.5 Å². The topological polar surface area (TPSA) is 73.6 Å². The molecule has 166 valence electrons. The van der Waals surface area contributed by atoms with Crippen LogP contribution in [0, 0.1) is 17.2 Å². The van der Waals surface area contributed by atoms with Crippen molar-refractivity contribution < 1.29 is 14.3 Å².